The van der Waals surface area contributed by atoms with Crippen molar-refractivity contribution < 1.29 is 28.2 Å². The average Bonchev–Trinajstić information content (AvgIpc) is 3.17. The van der Waals surface area contributed by atoms with Gasteiger partial charge in [-0.2, -0.15) is 4.37 Å². The van der Waals surface area contributed by atoms with Gasteiger partial charge in [-0.1, -0.05) is 0 Å². The third kappa shape index (κ3) is 4.58. The molecule has 0 aliphatic rings. The maximum Gasteiger partial charge on any atom is 0.357 e. The van der Waals surface area contributed by atoms with Crippen LogP contribution in [0.15, 0.2) is 36.7 Å². The summed E-state index contributed by atoms with van der Waals surface area (Å²) in [5.74, 6) is -1.56. The number of nitrogens with zero attached hydrogens (tertiary/aromatic N) is 3. The SMILES string of the molecule is C[C@@H](Oc1ccc(OCCF)nc1)c1cc(-c2cnc(C(=O)O)c(F)c2)ns1. The zero-order valence-electron chi connectivity index (χ0n) is 14.6. The van der Waals surface area contributed by atoms with Gasteiger partial charge in [0.25, 0.3) is 0 Å². The lowest BCUT2D eigenvalue weighted by Crippen LogP contribution is -2.04. The molecule has 146 valence electrons. The molecule has 0 fully saturated rings. The Morgan fingerprint density at radius 1 is 1.29 bits per heavy atom. The highest BCUT2D eigenvalue weighted by atomic mass is 32.1. The Labute approximate surface area is 162 Å². The van der Waals surface area contributed by atoms with Gasteiger partial charge in [0.2, 0.25) is 5.88 Å². The number of aromatic carboxylic acids is 1. The molecule has 7 nitrogen and oxygen atoms in total. The molecular weight excluding hydrogens is 392 g/mol. The number of pyridine rings is 2. The van der Waals surface area contributed by atoms with E-state index < -0.39 is 24.2 Å². The lowest BCUT2D eigenvalue weighted by Gasteiger charge is -2.12. The predicted octanol–water partition coefficient (Wildman–Crippen LogP) is 3.93. The van der Waals surface area contributed by atoms with Crippen molar-refractivity contribution in [2.45, 2.75) is 13.0 Å². The quantitative estimate of drug-likeness (QED) is 0.605. The number of carboxylic acids is 1. The summed E-state index contributed by atoms with van der Waals surface area (Å²) in [7, 11) is 0. The fraction of sp³-hybridized carbons (Fsp3) is 0.222. The molecule has 0 bridgehead atoms. The summed E-state index contributed by atoms with van der Waals surface area (Å²) in [6.45, 7) is 1.16. The molecule has 3 aromatic heterocycles. The van der Waals surface area contributed by atoms with E-state index in [0.717, 1.165) is 10.9 Å². The fourth-order valence-corrected chi connectivity index (χ4v) is 3.00. The van der Waals surface area contributed by atoms with E-state index in [1.807, 2.05) is 6.92 Å². The molecule has 10 heteroatoms. The molecule has 3 heterocycles. The monoisotopic (exact) mass is 407 g/mol. The number of hydrogen-bond donors (Lipinski definition) is 1. The van der Waals surface area contributed by atoms with Gasteiger partial charge in [-0.15, -0.1) is 0 Å². The molecular formula is C18H15F2N3O4S. The first kappa shape index (κ1) is 19.6. The predicted molar refractivity (Wildman–Crippen MR) is 97.0 cm³/mol. The van der Waals surface area contributed by atoms with Crippen molar-refractivity contribution >= 4 is 17.5 Å². The smallest absolute Gasteiger partial charge is 0.357 e. The van der Waals surface area contributed by atoms with Crippen LogP contribution < -0.4 is 9.47 Å². The summed E-state index contributed by atoms with van der Waals surface area (Å²) in [6.07, 6.45) is 2.37. The van der Waals surface area contributed by atoms with E-state index in [9.17, 15) is 13.6 Å². The maximum atomic E-state index is 13.8. The Balaban J connectivity index is 1.69. The third-order valence-electron chi connectivity index (χ3n) is 3.62. The van der Waals surface area contributed by atoms with Gasteiger partial charge in [-0.05, 0) is 36.7 Å². The molecule has 0 amide bonds. The number of halogens is 2. The topological polar surface area (TPSA) is 94.4 Å². The minimum absolute atomic E-state index is 0.0594. The highest BCUT2D eigenvalue weighted by Gasteiger charge is 2.17. The second-order valence-corrected chi connectivity index (χ2v) is 6.44. The summed E-state index contributed by atoms with van der Waals surface area (Å²) >= 11 is 1.17. The van der Waals surface area contributed by atoms with Crippen LogP contribution in [0, 0.1) is 5.82 Å². The molecule has 0 unspecified atom stereocenters. The zero-order valence-corrected chi connectivity index (χ0v) is 15.4. The van der Waals surface area contributed by atoms with E-state index in [1.165, 1.54) is 23.9 Å². The lowest BCUT2D eigenvalue weighted by atomic mass is 10.1. The Hall–Kier alpha value is -3.14. The van der Waals surface area contributed by atoms with E-state index >= 15 is 0 Å². The van der Waals surface area contributed by atoms with Gasteiger partial charge in [0, 0.05) is 17.8 Å². The van der Waals surface area contributed by atoms with Gasteiger partial charge in [0.1, 0.15) is 25.1 Å². The largest absolute Gasteiger partial charge is 0.484 e. The minimum Gasteiger partial charge on any atom is -0.484 e. The zero-order chi connectivity index (χ0) is 20.1. The molecule has 28 heavy (non-hydrogen) atoms. The lowest BCUT2D eigenvalue weighted by molar-refractivity contribution is 0.0685. The van der Waals surface area contributed by atoms with Crippen LogP contribution in [0.3, 0.4) is 0 Å². The van der Waals surface area contributed by atoms with Crippen LogP contribution in [0.5, 0.6) is 11.6 Å². The first-order valence-corrected chi connectivity index (χ1v) is 8.92. The average molecular weight is 407 g/mol. The summed E-state index contributed by atoms with van der Waals surface area (Å²) in [5.41, 5.74) is 0.197. The minimum atomic E-state index is -1.43. The maximum absolute atomic E-state index is 13.8. The summed E-state index contributed by atoms with van der Waals surface area (Å²) in [6, 6.07) is 6.04. The van der Waals surface area contributed by atoms with Gasteiger partial charge in [-0.25, -0.2) is 23.5 Å². The molecule has 3 aromatic rings. The number of aromatic nitrogens is 3. The normalized spacial score (nSPS) is 11.8. The van der Waals surface area contributed by atoms with Gasteiger partial charge >= 0.3 is 5.97 Å². The highest BCUT2D eigenvalue weighted by molar-refractivity contribution is 7.06. The van der Waals surface area contributed by atoms with E-state index in [2.05, 4.69) is 14.3 Å². The van der Waals surface area contributed by atoms with Gasteiger partial charge < -0.3 is 14.6 Å². The fourth-order valence-electron chi connectivity index (χ4n) is 2.28. The molecule has 0 saturated carbocycles. The Bertz CT molecular complexity index is 966. The number of hydrogen-bond acceptors (Lipinski definition) is 7. The Morgan fingerprint density at radius 3 is 2.75 bits per heavy atom. The van der Waals surface area contributed by atoms with Crippen LogP contribution in [0.1, 0.15) is 28.4 Å². The number of carbonyl (C=O) groups is 1. The van der Waals surface area contributed by atoms with Crippen LogP contribution in [0.25, 0.3) is 11.3 Å². The van der Waals surface area contributed by atoms with Crippen molar-refractivity contribution in [3.05, 3.63) is 53.0 Å². The van der Waals surface area contributed by atoms with Crippen LogP contribution in [0.2, 0.25) is 0 Å². The second-order valence-electron chi connectivity index (χ2n) is 5.60. The van der Waals surface area contributed by atoms with E-state index in [0.29, 0.717) is 22.9 Å². The number of alkyl halides is 1. The van der Waals surface area contributed by atoms with Crippen LogP contribution in [-0.2, 0) is 0 Å². The highest BCUT2D eigenvalue weighted by Crippen LogP contribution is 2.29. The Morgan fingerprint density at radius 2 is 2.11 bits per heavy atom. The third-order valence-corrected chi connectivity index (χ3v) is 4.57. The first-order valence-electron chi connectivity index (χ1n) is 8.15. The van der Waals surface area contributed by atoms with Gasteiger partial charge in [0.05, 0.1) is 16.8 Å². The molecule has 0 saturated heterocycles. The van der Waals surface area contributed by atoms with E-state index in [-0.39, 0.29) is 12.7 Å². The standard InChI is InChI=1S/C18H15F2N3O4S/c1-10(27-12-2-3-16(21-9-12)26-5-4-19)15-7-14(23-28-15)11-6-13(20)17(18(24)25)22-8-11/h2-3,6-10H,4-5H2,1H3,(H,24,25)/t10-/m1/s1. The molecule has 0 aliphatic carbocycles. The Kier molecular flexibility index (Phi) is 6.09. The van der Waals surface area contributed by atoms with Crippen molar-refractivity contribution in [2.24, 2.45) is 0 Å². The van der Waals surface area contributed by atoms with Crippen molar-refractivity contribution in [2.75, 3.05) is 13.3 Å². The molecule has 0 spiro atoms. The van der Waals surface area contributed by atoms with Crippen molar-refractivity contribution in [1.82, 2.24) is 14.3 Å². The summed E-state index contributed by atoms with van der Waals surface area (Å²) in [4.78, 5) is 19.3. The van der Waals surface area contributed by atoms with Crippen LogP contribution in [0.4, 0.5) is 8.78 Å². The molecule has 1 N–H and O–H groups in total. The van der Waals surface area contributed by atoms with Gasteiger partial charge in [0.15, 0.2) is 11.5 Å². The molecule has 3 rings (SSSR count). The van der Waals surface area contributed by atoms with Gasteiger partial charge in [-0.3, -0.25) is 0 Å². The summed E-state index contributed by atoms with van der Waals surface area (Å²) < 4.78 is 41.0. The molecule has 0 aromatic carbocycles. The first-order chi connectivity index (χ1) is 13.5. The van der Waals surface area contributed by atoms with Crippen molar-refractivity contribution in [3.63, 3.8) is 0 Å². The molecule has 1 atom stereocenters. The molecule has 0 radical (unpaired) electrons. The van der Waals surface area contributed by atoms with E-state index in [4.69, 9.17) is 14.6 Å². The number of rotatable bonds is 8. The molecule has 0 aliphatic heterocycles. The number of carboxylic acid groups (broad SMARTS) is 1. The summed E-state index contributed by atoms with van der Waals surface area (Å²) in [5, 5.41) is 8.84. The second kappa shape index (κ2) is 8.70. The van der Waals surface area contributed by atoms with Crippen molar-refractivity contribution in [1.29, 1.82) is 0 Å². The van der Waals surface area contributed by atoms with Crippen molar-refractivity contribution in [3.8, 4) is 22.9 Å². The van der Waals surface area contributed by atoms with Crippen LogP contribution in [-0.4, -0.2) is 38.7 Å². The van der Waals surface area contributed by atoms with Crippen LogP contribution >= 0.6 is 11.5 Å². The number of ether oxygens (including phenoxy) is 2. The van der Waals surface area contributed by atoms with E-state index in [1.54, 1.807) is 18.2 Å².